The Balaban J connectivity index is 1.40. The fourth-order valence-electron chi connectivity index (χ4n) is 4.46. The fourth-order valence-corrected chi connectivity index (χ4v) is 4.46. The molecule has 4 rings (SSSR count). The first-order valence-corrected chi connectivity index (χ1v) is 12.3. The third-order valence-corrected chi connectivity index (χ3v) is 6.63. The van der Waals surface area contributed by atoms with Crippen LogP contribution in [0.4, 0.5) is 10.1 Å². The lowest BCUT2D eigenvalue weighted by Gasteiger charge is -2.50. The molecule has 1 N–H and O–H groups in total. The number of halogens is 1. The first kappa shape index (κ1) is 25.8. The Bertz CT molecular complexity index is 1130. The molecule has 0 radical (unpaired) electrons. The monoisotopic (exact) mass is 498 g/mol. The zero-order chi connectivity index (χ0) is 26.0. The van der Waals surface area contributed by atoms with Crippen LogP contribution in [0.3, 0.4) is 0 Å². The van der Waals surface area contributed by atoms with Crippen LogP contribution in [0, 0.1) is 6.92 Å². The average Bonchev–Trinajstić information content (AvgIpc) is 3.32. The van der Waals surface area contributed by atoms with Gasteiger partial charge < -0.3 is 19.6 Å². The summed E-state index contributed by atoms with van der Waals surface area (Å²) in [4.78, 5) is 35.4. The minimum Gasteiger partial charge on any atom is -0.366 e. The number of anilines is 1. The summed E-state index contributed by atoms with van der Waals surface area (Å²) in [6.45, 7) is 12.6. The van der Waals surface area contributed by atoms with E-state index in [0.29, 0.717) is 45.2 Å². The van der Waals surface area contributed by atoms with Crippen molar-refractivity contribution < 1.29 is 18.5 Å². The number of piperazine rings is 1. The smallest absolute Gasteiger partial charge is 0.292 e. The predicted molar refractivity (Wildman–Crippen MR) is 134 cm³/mol. The van der Waals surface area contributed by atoms with Crippen LogP contribution in [0.1, 0.15) is 55.3 Å². The lowest BCUT2D eigenvalue weighted by molar-refractivity contribution is -0.137. The molecule has 2 saturated heterocycles. The van der Waals surface area contributed by atoms with Crippen molar-refractivity contribution in [1.29, 1.82) is 0 Å². The van der Waals surface area contributed by atoms with E-state index in [9.17, 15) is 14.0 Å². The summed E-state index contributed by atoms with van der Waals surface area (Å²) >= 11 is 0. The number of aromatic nitrogens is 2. The number of rotatable bonds is 6. The zero-order valence-corrected chi connectivity index (χ0v) is 21.6. The summed E-state index contributed by atoms with van der Waals surface area (Å²) in [6, 6.07) is 6.10. The quantitative estimate of drug-likeness (QED) is 0.612. The highest BCUT2D eigenvalue weighted by atomic mass is 19.1. The molecule has 1 aromatic carbocycles. The summed E-state index contributed by atoms with van der Waals surface area (Å²) in [5.74, 6) is 0.0116. The van der Waals surface area contributed by atoms with Crippen LogP contribution in [0.5, 0.6) is 0 Å². The Labute approximate surface area is 211 Å². The van der Waals surface area contributed by atoms with Crippen LogP contribution >= 0.6 is 0 Å². The molecule has 3 heterocycles. The van der Waals surface area contributed by atoms with Gasteiger partial charge in [0.15, 0.2) is 0 Å². The van der Waals surface area contributed by atoms with Crippen LogP contribution in [0.2, 0.25) is 0 Å². The number of nitrogens with zero attached hydrogens (tertiary/aromatic N) is 5. The molecule has 2 aliphatic rings. The number of amides is 2. The molecule has 2 fully saturated rings. The average molecular weight is 499 g/mol. The molecule has 0 bridgehead atoms. The van der Waals surface area contributed by atoms with Gasteiger partial charge in [-0.2, -0.15) is 4.98 Å². The third-order valence-electron chi connectivity index (χ3n) is 6.63. The minimum absolute atomic E-state index is 0.0205. The van der Waals surface area contributed by atoms with Crippen LogP contribution in [0.15, 0.2) is 34.9 Å². The second-order valence-electron chi connectivity index (χ2n) is 10.5. The molecule has 2 amide bonds. The van der Waals surface area contributed by atoms with E-state index in [4.69, 9.17) is 4.52 Å². The van der Waals surface area contributed by atoms with Crippen molar-refractivity contribution in [2.24, 2.45) is 0 Å². The molecule has 0 saturated carbocycles. The molecule has 0 spiro atoms. The standard InChI is InChI=1S/C26H35FN6O3/c1-6-7-22(34)33-11-10-31(16-21(33)32-14-19(27)15-32)20-9-8-18(17(2)12-20)13-28-24(35)23-29-25(36-30-23)26(3,4)5/h6-9,12,19,21H,10-11,13-16H2,1-5H3,(H,28,35)/b7-6+. The largest absolute Gasteiger partial charge is 0.366 e. The van der Waals surface area contributed by atoms with E-state index in [1.54, 1.807) is 12.2 Å². The Kier molecular flexibility index (Phi) is 7.44. The number of carbonyl (C=O) groups excluding carboxylic acids is 2. The van der Waals surface area contributed by atoms with Gasteiger partial charge in [-0.15, -0.1) is 0 Å². The highest BCUT2D eigenvalue weighted by molar-refractivity contribution is 5.90. The van der Waals surface area contributed by atoms with Gasteiger partial charge in [0, 0.05) is 43.8 Å². The number of allylic oxidation sites excluding steroid dienone is 1. The normalized spacial score (nSPS) is 19.6. The number of benzene rings is 1. The molecule has 0 aliphatic carbocycles. The van der Waals surface area contributed by atoms with Crippen molar-refractivity contribution in [2.75, 3.05) is 37.6 Å². The lowest BCUT2D eigenvalue weighted by atomic mass is 9.97. The summed E-state index contributed by atoms with van der Waals surface area (Å²) in [6.07, 6.45) is 2.31. The van der Waals surface area contributed by atoms with Gasteiger partial charge in [0.2, 0.25) is 11.8 Å². The number of carbonyl (C=O) groups is 2. The maximum atomic E-state index is 13.6. The summed E-state index contributed by atoms with van der Waals surface area (Å²) < 4.78 is 18.8. The molecule has 1 aromatic heterocycles. The van der Waals surface area contributed by atoms with Crippen molar-refractivity contribution in [2.45, 2.75) is 58.9 Å². The van der Waals surface area contributed by atoms with Crippen LogP contribution < -0.4 is 10.2 Å². The Hall–Kier alpha value is -3.27. The maximum Gasteiger partial charge on any atom is 0.292 e. The van der Waals surface area contributed by atoms with Gasteiger partial charge in [-0.05, 0) is 43.2 Å². The number of likely N-dealkylation sites (tertiary alicyclic amines) is 1. The second kappa shape index (κ2) is 10.4. The first-order chi connectivity index (χ1) is 17.1. The molecule has 194 valence electrons. The molecule has 36 heavy (non-hydrogen) atoms. The molecule has 9 nitrogen and oxygen atoms in total. The second-order valence-corrected chi connectivity index (χ2v) is 10.5. The fraction of sp³-hybridized carbons (Fsp3) is 0.538. The molecular weight excluding hydrogens is 463 g/mol. The number of aryl methyl sites for hydroxylation is 1. The molecule has 10 heteroatoms. The van der Waals surface area contributed by atoms with Gasteiger partial charge >= 0.3 is 0 Å². The lowest BCUT2D eigenvalue weighted by Crippen LogP contribution is -2.67. The molecule has 2 aromatic rings. The third kappa shape index (κ3) is 5.59. The van der Waals surface area contributed by atoms with Crippen LogP contribution in [-0.2, 0) is 16.8 Å². The van der Waals surface area contributed by atoms with Gasteiger partial charge in [0.05, 0.1) is 6.54 Å². The van der Waals surface area contributed by atoms with Gasteiger partial charge in [-0.3, -0.25) is 14.5 Å². The minimum atomic E-state index is -0.830. The molecule has 1 atom stereocenters. The summed E-state index contributed by atoms with van der Waals surface area (Å²) in [7, 11) is 0. The highest BCUT2D eigenvalue weighted by Gasteiger charge is 2.40. The Morgan fingerprint density at radius 2 is 1.97 bits per heavy atom. The number of alkyl halides is 1. The zero-order valence-electron chi connectivity index (χ0n) is 21.6. The van der Waals surface area contributed by atoms with Gasteiger partial charge in [-0.25, -0.2) is 4.39 Å². The molecular formula is C26H35FN6O3. The van der Waals surface area contributed by atoms with E-state index in [-0.39, 0.29) is 29.2 Å². The van der Waals surface area contributed by atoms with E-state index >= 15 is 0 Å². The SMILES string of the molecule is C/C=C/C(=O)N1CCN(c2ccc(CNC(=O)c3noc(C(C)(C)C)n3)c(C)c2)CC1N1CC(F)C1. The van der Waals surface area contributed by atoms with Crippen LogP contribution in [-0.4, -0.2) is 76.8 Å². The van der Waals surface area contributed by atoms with Gasteiger partial charge in [0.1, 0.15) is 12.3 Å². The molecule has 1 unspecified atom stereocenters. The van der Waals surface area contributed by atoms with E-state index < -0.39 is 6.17 Å². The van der Waals surface area contributed by atoms with Crippen molar-refractivity contribution in [3.8, 4) is 0 Å². The summed E-state index contributed by atoms with van der Waals surface area (Å²) in [5.41, 5.74) is 2.73. The van der Waals surface area contributed by atoms with E-state index in [1.165, 1.54) is 0 Å². The Morgan fingerprint density at radius 1 is 1.22 bits per heavy atom. The van der Waals surface area contributed by atoms with E-state index in [0.717, 1.165) is 16.8 Å². The van der Waals surface area contributed by atoms with Gasteiger partial charge in [0.25, 0.3) is 11.7 Å². The maximum absolute atomic E-state index is 13.6. The van der Waals surface area contributed by atoms with Gasteiger partial charge in [-0.1, -0.05) is 38.1 Å². The number of nitrogens with one attached hydrogen (secondary N) is 1. The van der Waals surface area contributed by atoms with Crippen molar-refractivity contribution in [3.63, 3.8) is 0 Å². The Morgan fingerprint density at radius 3 is 2.58 bits per heavy atom. The van der Waals surface area contributed by atoms with Crippen molar-refractivity contribution >= 4 is 17.5 Å². The van der Waals surface area contributed by atoms with Crippen LogP contribution in [0.25, 0.3) is 0 Å². The first-order valence-electron chi connectivity index (χ1n) is 12.3. The van der Waals surface area contributed by atoms with Crippen molar-refractivity contribution in [1.82, 2.24) is 25.3 Å². The molecule has 2 aliphatic heterocycles. The van der Waals surface area contributed by atoms with E-state index in [1.807, 2.05) is 56.6 Å². The highest BCUT2D eigenvalue weighted by Crippen LogP contribution is 2.27. The topological polar surface area (TPSA) is 94.8 Å². The van der Waals surface area contributed by atoms with E-state index in [2.05, 4.69) is 26.4 Å². The number of hydrogen-bond acceptors (Lipinski definition) is 7. The predicted octanol–water partition coefficient (Wildman–Crippen LogP) is 2.81. The summed E-state index contributed by atoms with van der Waals surface area (Å²) in [5, 5.41) is 6.66. The number of hydrogen-bond donors (Lipinski definition) is 1. The van der Waals surface area contributed by atoms with Crippen molar-refractivity contribution in [3.05, 3.63) is 53.2 Å².